The van der Waals surface area contributed by atoms with Gasteiger partial charge in [-0.2, -0.15) is 14.9 Å². The van der Waals surface area contributed by atoms with Crippen LogP contribution in [0.1, 0.15) is 5.82 Å². The molecule has 2 heterocycles. The van der Waals surface area contributed by atoms with Crippen LogP contribution in [0, 0.1) is 0 Å². The van der Waals surface area contributed by atoms with Crippen LogP contribution in [0.3, 0.4) is 0 Å². The van der Waals surface area contributed by atoms with Gasteiger partial charge in [-0.1, -0.05) is 34.8 Å². The number of nitrogens with zero attached hydrogens (tertiary/aromatic N) is 5. The van der Waals surface area contributed by atoms with Gasteiger partial charge < -0.3 is 5.32 Å². The van der Waals surface area contributed by atoms with Crippen molar-refractivity contribution in [3.8, 4) is 5.69 Å². The minimum atomic E-state index is -0.514. The summed E-state index contributed by atoms with van der Waals surface area (Å²) in [4.78, 5) is 16.2. The summed E-state index contributed by atoms with van der Waals surface area (Å²) in [6.45, 7) is 0.459. The van der Waals surface area contributed by atoms with Crippen LogP contribution in [0.25, 0.3) is 5.69 Å². The Balaban J connectivity index is 1.86. The molecular weight excluding hydrogens is 375 g/mol. The van der Waals surface area contributed by atoms with Crippen LogP contribution in [0.4, 0.5) is 5.69 Å². The normalized spacial score (nSPS) is 10.8. The van der Waals surface area contributed by atoms with E-state index in [2.05, 4.69) is 20.5 Å². The summed E-state index contributed by atoms with van der Waals surface area (Å²) in [5, 5.41) is 11.6. The van der Waals surface area contributed by atoms with Crippen LogP contribution in [0.15, 0.2) is 35.5 Å². The second-order valence-electron chi connectivity index (χ2n) is 4.84. The number of anilines is 1. The van der Waals surface area contributed by atoms with Crippen molar-refractivity contribution in [3.05, 3.63) is 62.0 Å². The molecule has 0 saturated carbocycles. The van der Waals surface area contributed by atoms with Crippen LogP contribution in [0.2, 0.25) is 15.1 Å². The van der Waals surface area contributed by atoms with Crippen LogP contribution < -0.4 is 10.9 Å². The van der Waals surface area contributed by atoms with Crippen molar-refractivity contribution in [1.82, 2.24) is 24.5 Å². The molecule has 0 amide bonds. The quantitative estimate of drug-likeness (QED) is 0.747. The lowest BCUT2D eigenvalue weighted by atomic mass is 10.2. The average molecular weight is 386 g/mol. The van der Waals surface area contributed by atoms with Crippen molar-refractivity contribution in [2.75, 3.05) is 5.32 Å². The van der Waals surface area contributed by atoms with Crippen molar-refractivity contribution in [2.45, 2.75) is 6.54 Å². The van der Waals surface area contributed by atoms with Crippen LogP contribution in [-0.2, 0) is 13.6 Å². The fourth-order valence-corrected chi connectivity index (χ4v) is 2.53. The molecule has 3 rings (SSSR count). The first-order valence-corrected chi connectivity index (χ1v) is 7.91. The van der Waals surface area contributed by atoms with E-state index in [9.17, 15) is 4.79 Å². The highest BCUT2D eigenvalue weighted by Gasteiger charge is 2.11. The van der Waals surface area contributed by atoms with Gasteiger partial charge in [0.15, 0.2) is 0 Å². The van der Waals surface area contributed by atoms with E-state index in [0.29, 0.717) is 22.9 Å². The van der Waals surface area contributed by atoms with Crippen LogP contribution >= 0.6 is 34.8 Å². The predicted octanol–water partition coefficient (Wildman–Crippen LogP) is 2.93. The van der Waals surface area contributed by atoms with Gasteiger partial charge >= 0.3 is 0 Å². The average Bonchev–Trinajstić information content (AvgIpc) is 2.97. The lowest BCUT2D eigenvalue weighted by Crippen LogP contribution is -2.21. The van der Waals surface area contributed by atoms with Crippen molar-refractivity contribution in [3.63, 3.8) is 0 Å². The Kier molecular flexibility index (Phi) is 4.75. The highest BCUT2D eigenvalue weighted by molar-refractivity contribution is 6.41. The van der Waals surface area contributed by atoms with Gasteiger partial charge in [-0.3, -0.25) is 9.48 Å². The number of nitrogens with one attached hydrogen (secondary N) is 1. The molecule has 10 heteroatoms. The second-order valence-corrected chi connectivity index (χ2v) is 6.03. The zero-order chi connectivity index (χ0) is 17.3. The zero-order valence-electron chi connectivity index (χ0n) is 12.4. The predicted molar refractivity (Wildman–Crippen MR) is 93.2 cm³/mol. The summed E-state index contributed by atoms with van der Waals surface area (Å²) in [6.07, 6.45) is 2.78. The minimum absolute atomic E-state index is 0.0905. The fraction of sp³-hybridized carbons (Fsp3) is 0.143. The Bertz CT molecular complexity index is 952. The highest BCUT2D eigenvalue weighted by atomic mass is 35.5. The molecule has 7 nitrogen and oxygen atoms in total. The van der Waals surface area contributed by atoms with E-state index in [1.165, 1.54) is 12.5 Å². The summed E-state index contributed by atoms with van der Waals surface area (Å²) in [5.41, 5.74) is 0.657. The third-order valence-corrected chi connectivity index (χ3v) is 4.38. The Morgan fingerprint density at radius 3 is 2.62 bits per heavy atom. The molecule has 1 N–H and O–H groups in total. The first-order valence-electron chi connectivity index (χ1n) is 6.77. The van der Waals surface area contributed by atoms with E-state index >= 15 is 0 Å². The number of hydrogen-bond donors (Lipinski definition) is 1. The molecule has 0 saturated heterocycles. The minimum Gasteiger partial charge on any atom is -0.377 e. The number of rotatable bonds is 4. The summed E-state index contributed by atoms with van der Waals surface area (Å²) in [6, 6.07) is 5.05. The van der Waals surface area contributed by atoms with E-state index in [1.807, 2.05) is 0 Å². The first-order chi connectivity index (χ1) is 11.5. The number of benzene rings is 1. The maximum Gasteiger partial charge on any atom is 0.291 e. The first kappa shape index (κ1) is 16.8. The highest BCUT2D eigenvalue weighted by Crippen LogP contribution is 2.25. The lowest BCUT2D eigenvalue weighted by Gasteiger charge is -2.11. The molecule has 2 aromatic heterocycles. The standard InChI is InChI=1S/C14H11Cl3N6O/c1-22-12(19-7-21-22)6-18-11-3-2-8(4-9(11)15)23-14(24)13(17)10(16)5-20-23/h2-5,7,18H,6H2,1H3. The lowest BCUT2D eigenvalue weighted by molar-refractivity contribution is 0.712. The molecule has 0 fully saturated rings. The van der Waals surface area contributed by atoms with Gasteiger partial charge in [-0.15, -0.1) is 0 Å². The second kappa shape index (κ2) is 6.80. The molecule has 0 unspecified atom stereocenters. The monoisotopic (exact) mass is 384 g/mol. The third kappa shape index (κ3) is 3.24. The van der Waals surface area contributed by atoms with Gasteiger partial charge in [0.1, 0.15) is 17.2 Å². The molecule has 3 aromatic rings. The van der Waals surface area contributed by atoms with Gasteiger partial charge in [-0.05, 0) is 18.2 Å². The molecule has 124 valence electrons. The van der Waals surface area contributed by atoms with E-state index in [0.717, 1.165) is 10.5 Å². The molecule has 0 aliphatic rings. The van der Waals surface area contributed by atoms with Crippen molar-refractivity contribution in [2.24, 2.45) is 7.05 Å². The Morgan fingerprint density at radius 2 is 1.96 bits per heavy atom. The Hall–Kier alpha value is -2.09. The van der Waals surface area contributed by atoms with Crippen molar-refractivity contribution >= 4 is 40.5 Å². The van der Waals surface area contributed by atoms with Crippen molar-refractivity contribution in [1.29, 1.82) is 0 Å². The smallest absolute Gasteiger partial charge is 0.291 e. The van der Waals surface area contributed by atoms with Gasteiger partial charge in [0.25, 0.3) is 5.56 Å². The Labute approximate surface area is 151 Å². The maximum absolute atomic E-state index is 12.1. The molecule has 0 aliphatic heterocycles. The molecule has 0 bridgehead atoms. The number of hydrogen-bond acceptors (Lipinski definition) is 5. The summed E-state index contributed by atoms with van der Waals surface area (Å²) < 4.78 is 2.79. The Morgan fingerprint density at radius 1 is 1.17 bits per heavy atom. The summed E-state index contributed by atoms with van der Waals surface area (Å²) >= 11 is 17.9. The van der Waals surface area contributed by atoms with E-state index in [1.54, 1.807) is 29.9 Å². The summed E-state index contributed by atoms with van der Waals surface area (Å²) in [7, 11) is 1.80. The maximum atomic E-state index is 12.1. The fourth-order valence-electron chi connectivity index (χ4n) is 2.03. The number of halogens is 3. The van der Waals surface area contributed by atoms with Gasteiger partial charge in [0, 0.05) is 7.05 Å². The molecule has 0 atom stereocenters. The molecule has 1 aromatic carbocycles. The van der Waals surface area contributed by atoms with Crippen molar-refractivity contribution < 1.29 is 0 Å². The molecule has 24 heavy (non-hydrogen) atoms. The summed E-state index contributed by atoms with van der Waals surface area (Å²) in [5.74, 6) is 0.762. The molecular formula is C14H11Cl3N6O. The number of aromatic nitrogens is 5. The molecule has 0 radical (unpaired) electrons. The molecule has 0 aliphatic carbocycles. The van der Waals surface area contributed by atoms with E-state index in [-0.39, 0.29) is 10.0 Å². The number of aryl methyl sites for hydroxylation is 1. The van der Waals surface area contributed by atoms with E-state index < -0.39 is 5.56 Å². The van der Waals surface area contributed by atoms with E-state index in [4.69, 9.17) is 34.8 Å². The van der Waals surface area contributed by atoms with Gasteiger partial charge in [-0.25, -0.2) is 4.98 Å². The topological polar surface area (TPSA) is 77.6 Å². The zero-order valence-corrected chi connectivity index (χ0v) is 14.6. The molecule has 0 spiro atoms. The van der Waals surface area contributed by atoms with Gasteiger partial charge in [0.05, 0.1) is 34.2 Å². The van der Waals surface area contributed by atoms with Crippen LogP contribution in [0.5, 0.6) is 0 Å². The van der Waals surface area contributed by atoms with Crippen LogP contribution in [-0.4, -0.2) is 24.5 Å². The third-order valence-electron chi connectivity index (χ3n) is 3.32. The SMILES string of the molecule is Cn1ncnc1CNc1ccc(-n2ncc(Cl)c(Cl)c2=O)cc1Cl. The van der Waals surface area contributed by atoms with Gasteiger partial charge in [0.2, 0.25) is 0 Å². The largest absolute Gasteiger partial charge is 0.377 e.